The van der Waals surface area contributed by atoms with Crippen LogP contribution < -0.4 is 5.73 Å². The zero-order valence-corrected chi connectivity index (χ0v) is 11.8. The molecule has 0 amide bonds. The van der Waals surface area contributed by atoms with E-state index in [-0.39, 0.29) is 0 Å². The predicted octanol–water partition coefficient (Wildman–Crippen LogP) is 2.61. The average molecular weight is 280 g/mol. The van der Waals surface area contributed by atoms with Crippen LogP contribution in [0.3, 0.4) is 0 Å². The highest BCUT2D eigenvalue weighted by molar-refractivity contribution is 5.61. The first-order valence-electron chi connectivity index (χ1n) is 6.82. The third-order valence-corrected chi connectivity index (χ3v) is 3.34. The van der Waals surface area contributed by atoms with Crippen molar-refractivity contribution in [2.24, 2.45) is 5.73 Å². The third-order valence-electron chi connectivity index (χ3n) is 3.34. The Bertz CT molecular complexity index is 734. The molecule has 2 heterocycles. The van der Waals surface area contributed by atoms with Gasteiger partial charge in [0.1, 0.15) is 0 Å². The summed E-state index contributed by atoms with van der Waals surface area (Å²) in [4.78, 5) is 8.55. The van der Waals surface area contributed by atoms with E-state index >= 15 is 0 Å². The number of hydrogen-bond donors (Lipinski definition) is 1. The molecule has 0 spiro atoms. The van der Waals surface area contributed by atoms with E-state index in [4.69, 9.17) is 10.3 Å². The van der Waals surface area contributed by atoms with E-state index in [2.05, 4.69) is 15.1 Å². The molecule has 1 aromatic carbocycles. The van der Waals surface area contributed by atoms with E-state index in [9.17, 15) is 0 Å². The minimum atomic E-state index is 0.507. The van der Waals surface area contributed by atoms with Gasteiger partial charge < -0.3 is 10.3 Å². The second-order valence-corrected chi connectivity index (χ2v) is 4.85. The van der Waals surface area contributed by atoms with Gasteiger partial charge >= 0.3 is 0 Å². The summed E-state index contributed by atoms with van der Waals surface area (Å²) < 4.78 is 5.35. The summed E-state index contributed by atoms with van der Waals surface area (Å²) in [7, 11) is 0. The summed E-state index contributed by atoms with van der Waals surface area (Å²) in [5.74, 6) is 1.06. The highest BCUT2D eigenvalue weighted by atomic mass is 16.5. The van der Waals surface area contributed by atoms with Crippen LogP contribution in [-0.4, -0.2) is 21.7 Å². The lowest BCUT2D eigenvalue weighted by atomic mass is 10.1. The quantitative estimate of drug-likeness (QED) is 0.794. The number of nitrogens with zero attached hydrogens (tertiary/aromatic N) is 3. The summed E-state index contributed by atoms with van der Waals surface area (Å²) >= 11 is 0. The van der Waals surface area contributed by atoms with Crippen LogP contribution in [0.1, 0.15) is 11.1 Å². The van der Waals surface area contributed by atoms with E-state index in [1.54, 1.807) is 12.4 Å². The van der Waals surface area contributed by atoms with Gasteiger partial charge in [-0.1, -0.05) is 17.3 Å². The molecule has 21 heavy (non-hydrogen) atoms. The highest BCUT2D eigenvalue weighted by Crippen LogP contribution is 2.23. The maximum Gasteiger partial charge on any atom is 0.258 e. The van der Waals surface area contributed by atoms with Crippen molar-refractivity contribution in [2.75, 3.05) is 6.54 Å². The lowest BCUT2D eigenvalue weighted by Crippen LogP contribution is -2.02. The first kappa shape index (κ1) is 13.5. The van der Waals surface area contributed by atoms with Gasteiger partial charge in [0.05, 0.1) is 0 Å². The number of aromatic nitrogens is 3. The molecule has 0 aliphatic rings. The van der Waals surface area contributed by atoms with Crippen LogP contribution in [0.4, 0.5) is 0 Å². The van der Waals surface area contributed by atoms with Crippen molar-refractivity contribution in [1.29, 1.82) is 0 Å². The van der Waals surface area contributed by atoms with Crippen LogP contribution in [-0.2, 0) is 6.42 Å². The standard InChI is InChI=1S/C16H16N4O/c1-11-7-9-18-10-14(11)15-19-16(21-20-15)13-4-2-12(3-5-13)6-8-17/h2-5,7,9-10H,6,8,17H2,1H3. The van der Waals surface area contributed by atoms with Crippen LogP contribution in [0.25, 0.3) is 22.8 Å². The Hall–Kier alpha value is -2.53. The van der Waals surface area contributed by atoms with E-state index in [1.807, 2.05) is 37.3 Å². The number of benzene rings is 1. The summed E-state index contributed by atoms with van der Waals surface area (Å²) in [6, 6.07) is 9.92. The molecule has 2 N–H and O–H groups in total. The van der Waals surface area contributed by atoms with Crippen LogP contribution >= 0.6 is 0 Å². The lowest BCUT2D eigenvalue weighted by Gasteiger charge is -1.99. The third kappa shape index (κ3) is 2.83. The molecule has 3 aromatic rings. The number of nitrogens with two attached hydrogens (primary N) is 1. The molecule has 0 bridgehead atoms. The topological polar surface area (TPSA) is 77.8 Å². The second kappa shape index (κ2) is 5.85. The molecule has 0 aliphatic heterocycles. The second-order valence-electron chi connectivity index (χ2n) is 4.85. The van der Waals surface area contributed by atoms with Crippen molar-refractivity contribution in [3.8, 4) is 22.8 Å². The fourth-order valence-electron chi connectivity index (χ4n) is 2.13. The van der Waals surface area contributed by atoms with Gasteiger partial charge in [-0.15, -0.1) is 0 Å². The molecule has 0 atom stereocenters. The molecule has 0 fully saturated rings. The van der Waals surface area contributed by atoms with E-state index < -0.39 is 0 Å². The maximum absolute atomic E-state index is 5.54. The Morgan fingerprint density at radius 3 is 2.67 bits per heavy atom. The molecule has 0 saturated carbocycles. The first-order valence-corrected chi connectivity index (χ1v) is 6.82. The number of rotatable bonds is 4. The molecule has 106 valence electrons. The molecule has 3 rings (SSSR count). The van der Waals surface area contributed by atoms with Gasteiger partial charge in [-0.2, -0.15) is 4.98 Å². The van der Waals surface area contributed by atoms with E-state index in [0.29, 0.717) is 18.3 Å². The molecule has 0 aliphatic carbocycles. The van der Waals surface area contributed by atoms with Crippen LogP contribution in [0.5, 0.6) is 0 Å². The molecular weight excluding hydrogens is 264 g/mol. The molecule has 5 nitrogen and oxygen atoms in total. The van der Waals surface area contributed by atoms with Gasteiger partial charge in [0.2, 0.25) is 5.82 Å². The van der Waals surface area contributed by atoms with E-state index in [1.165, 1.54) is 5.56 Å². The molecule has 0 unspecified atom stereocenters. The van der Waals surface area contributed by atoms with Crippen LogP contribution in [0, 0.1) is 6.92 Å². The maximum atomic E-state index is 5.54. The zero-order chi connectivity index (χ0) is 14.7. The number of pyridine rings is 1. The Labute approximate surface area is 122 Å². The monoisotopic (exact) mass is 280 g/mol. The van der Waals surface area contributed by atoms with Gasteiger partial charge in [-0.25, -0.2) is 0 Å². The fourth-order valence-corrected chi connectivity index (χ4v) is 2.13. The van der Waals surface area contributed by atoms with Gasteiger partial charge in [0.25, 0.3) is 5.89 Å². The Balaban J connectivity index is 1.89. The normalized spacial score (nSPS) is 10.8. The molecule has 5 heteroatoms. The highest BCUT2D eigenvalue weighted by Gasteiger charge is 2.12. The SMILES string of the molecule is Cc1ccncc1-c1noc(-c2ccc(CCN)cc2)n1. The Morgan fingerprint density at radius 1 is 1.14 bits per heavy atom. The van der Waals surface area contributed by atoms with Gasteiger partial charge in [-0.05, 0) is 49.2 Å². The molecule has 2 aromatic heterocycles. The number of hydrogen-bond acceptors (Lipinski definition) is 5. The van der Waals surface area contributed by atoms with Gasteiger partial charge in [0.15, 0.2) is 0 Å². The van der Waals surface area contributed by atoms with Crippen LogP contribution in [0.15, 0.2) is 47.2 Å². The largest absolute Gasteiger partial charge is 0.334 e. The van der Waals surface area contributed by atoms with Crippen molar-refractivity contribution in [3.63, 3.8) is 0 Å². The van der Waals surface area contributed by atoms with Crippen molar-refractivity contribution in [2.45, 2.75) is 13.3 Å². The molecule has 0 saturated heterocycles. The van der Waals surface area contributed by atoms with Crippen molar-refractivity contribution < 1.29 is 4.52 Å². The Kier molecular flexibility index (Phi) is 3.75. The number of aryl methyl sites for hydroxylation is 1. The van der Waals surface area contributed by atoms with Crippen molar-refractivity contribution in [3.05, 3.63) is 53.9 Å². The van der Waals surface area contributed by atoms with Crippen molar-refractivity contribution >= 4 is 0 Å². The molecule has 0 radical (unpaired) electrons. The Morgan fingerprint density at radius 2 is 1.95 bits per heavy atom. The summed E-state index contributed by atoms with van der Waals surface area (Å²) in [6.45, 7) is 2.64. The van der Waals surface area contributed by atoms with Gasteiger partial charge in [0, 0.05) is 23.5 Å². The summed E-state index contributed by atoms with van der Waals surface area (Å²) in [5.41, 5.74) is 9.59. The minimum Gasteiger partial charge on any atom is -0.334 e. The lowest BCUT2D eigenvalue weighted by molar-refractivity contribution is 0.432. The molecular formula is C16H16N4O. The van der Waals surface area contributed by atoms with Gasteiger partial charge in [-0.3, -0.25) is 4.98 Å². The predicted molar refractivity (Wildman–Crippen MR) is 80.5 cm³/mol. The zero-order valence-electron chi connectivity index (χ0n) is 11.8. The average Bonchev–Trinajstić information content (AvgIpc) is 2.98. The smallest absolute Gasteiger partial charge is 0.258 e. The minimum absolute atomic E-state index is 0.507. The fraction of sp³-hybridized carbons (Fsp3) is 0.188. The van der Waals surface area contributed by atoms with Crippen LogP contribution in [0.2, 0.25) is 0 Å². The summed E-state index contributed by atoms with van der Waals surface area (Å²) in [5, 5.41) is 4.04. The van der Waals surface area contributed by atoms with E-state index in [0.717, 1.165) is 23.1 Å². The van der Waals surface area contributed by atoms with Crippen molar-refractivity contribution in [1.82, 2.24) is 15.1 Å². The first-order chi connectivity index (χ1) is 10.3. The summed E-state index contributed by atoms with van der Waals surface area (Å²) in [6.07, 6.45) is 4.36.